The van der Waals surface area contributed by atoms with Gasteiger partial charge in [-0.05, 0) is 25.9 Å². The maximum atomic E-state index is 11.6. The predicted molar refractivity (Wildman–Crippen MR) is 65.7 cm³/mol. The van der Waals surface area contributed by atoms with E-state index in [1.54, 1.807) is 0 Å². The van der Waals surface area contributed by atoms with E-state index < -0.39 is 0 Å². The Bertz CT molecular complexity index is 432. The van der Waals surface area contributed by atoms with Crippen LogP contribution in [0.5, 0.6) is 5.75 Å². The van der Waals surface area contributed by atoms with Crippen LogP contribution in [0.4, 0.5) is 5.82 Å². The Balaban J connectivity index is 2.18. The third-order valence-electron chi connectivity index (χ3n) is 3.07. The number of aromatic amines is 1. The summed E-state index contributed by atoms with van der Waals surface area (Å²) in [7, 11) is 3.45. The highest BCUT2D eigenvalue weighted by Gasteiger charge is 2.26. The van der Waals surface area contributed by atoms with Crippen molar-refractivity contribution in [3.8, 4) is 5.75 Å². The SMILES string of the molecule is CNCC1CCN(c2nc[nH]c(=O)c2OC)C1. The summed E-state index contributed by atoms with van der Waals surface area (Å²) in [6.07, 6.45) is 2.53. The van der Waals surface area contributed by atoms with E-state index in [4.69, 9.17) is 4.74 Å². The van der Waals surface area contributed by atoms with Gasteiger partial charge in [0.15, 0.2) is 5.82 Å². The molecule has 2 heterocycles. The summed E-state index contributed by atoms with van der Waals surface area (Å²) in [5.74, 6) is 1.55. The van der Waals surface area contributed by atoms with E-state index in [-0.39, 0.29) is 5.56 Å². The van der Waals surface area contributed by atoms with Crippen molar-refractivity contribution < 1.29 is 4.74 Å². The number of anilines is 1. The molecule has 0 aromatic carbocycles. The van der Waals surface area contributed by atoms with Gasteiger partial charge in [0.1, 0.15) is 0 Å². The molecule has 1 fully saturated rings. The molecule has 1 aliphatic rings. The van der Waals surface area contributed by atoms with Crippen LogP contribution in [0.25, 0.3) is 0 Å². The summed E-state index contributed by atoms with van der Waals surface area (Å²) < 4.78 is 5.12. The van der Waals surface area contributed by atoms with Crippen molar-refractivity contribution in [2.75, 3.05) is 38.7 Å². The molecule has 2 N–H and O–H groups in total. The summed E-state index contributed by atoms with van der Waals surface area (Å²) in [5, 5.41) is 3.18. The Hall–Kier alpha value is -1.56. The van der Waals surface area contributed by atoms with Crippen molar-refractivity contribution in [1.82, 2.24) is 15.3 Å². The smallest absolute Gasteiger partial charge is 0.295 e. The molecule has 1 unspecified atom stereocenters. The van der Waals surface area contributed by atoms with Crippen LogP contribution >= 0.6 is 0 Å². The van der Waals surface area contributed by atoms with Gasteiger partial charge in [0, 0.05) is 13.1 Å². The fraction of sp³-hybridized carbons (Fsp3) is 0.636. The molecular formula is C11H18N4O2. The molecule has 1 aromatic rings. The summed E-state index contributed by atoms with van der Waals surface area (Å²) >= 11 is 0. The quantitative estimate of drug-likeness (QED) is 0.761. The number of nitrogens with zero attached hydrogens (tertiary/aromatic N) is 2. The molecule has 1 aromatic heterocycles. The topological polar surface area (TPSA) is 70.2 Å². The molecule has 0 radical (unpaired) electrons. The minimum absolute atomic E-state index is 0.227. The van der Waals surface area contributed by atoms with Crippen molar-refractivity contribution in [1.29, 1.82) is 0 Å². The molecule has 2 rings (SSSR count). The van der Waals surface area contributed by atoms with Gasteiger partial charge >= 0.3 is 0 Å². The number of methoxy groups -OCH3 is 1. The molecule has 6 nitrogen and oxygen atoms in total. The number of hydrogen-bond donors (Lipinski definition) is 2. The van der Waals surface area contributed by atoms with Crippen LogP contribution in [0, 0.1) is 5.92 Å². The van der Waals surface area contributed by atoms with Gasteiger partial charge in [0.2, 0.25) is 5.75 Å². The van der Waals surface area contributed by atoms with Crippen LogP contribution in [0.2, 0.25) is 0 Å². The predicted octanol–water partition coefficient (Wildman–Crippen LogP) is -0.176. The van der Waals surface area contributed by atoms with Crippen LogP contribution in [0.1, 0.15) is 6.42 Å². The highest BCUT2D eigenvalue weighted by atomic mass is 16.5. The normalized spacial score (nSPS) is 19.6. The summed E-state index contributed by atoms with van der Waals surface area (Å²) in [5.41, 5.74) is -0.227. The van der Waals surface area contributed by atoms with Crippen molar-refractivity contribution in [2.24, 2.45) is 5.92 Å². The van der Waals surface area contributed by atoms with Crippen LogP contribution in [0.15, 0.2) is 11.1 Å². The third-order valence-corrected chi connectivity index (χ3v) is 3.07. The fourth-order valence-corrected chi connectivity index (χ4v) is 2.27. The van der Waals surface area contributed by atoms with Crippen LogP contribution in [0.3, 0.4) is 0 Å². The molecule has 1 atom stereocenters. The van der Waals surface area contributed by atoms with Crippen molar-refractivity contribution in [3.63, 3.8) is 0 Å². The highest BCUT2D eigenvalue weighted by Crippen LogP contribution is 2.26. The number of nitrogens with one attached hydrogen (secondary N) is 2. The van der Waals surface area contributed by atoms with E-state index >= 15 is 0 Å². The number of ether oxygens (including phenoxy) is 1. The Morgan fingerprint density at radius 3 is 3.24 bits per heavy atom. The van der Waals surface area contributed by atoms with Crippen LogP contribution in [-0.4, -0.2) is 43.8 Å². The number of hydrogen-bond acceptors (Lipinski definition) is 5. The third kappa shape index (κ3) is 2.41. The monoisotopic (exact) mass is 238 g/mol. The van der Waals surface area contributed by atoms with Crippen LogP contribution in [-0.2, 0) is 0 Å². The minimum atomic E-state index is -0.227. The van der Waals surface area contributed by atoms with Crippen molar-refractivity contribution in [3.05, 3.63) is 16.7 Å². The molecule has 17 heavy (non-hydrogen) atoms. The lowest BCUT2D eigenvalue weighted by molar-refractivity contribution is 0.406. The number of H-pyrrole nitrogens is 1. The Morgan fingerprint density at radius 2 is 2.53 bits per heavy atom. The molecule has 0 saturated carbocycles. The summed E-state index contributed by atoms with van der Waals surface area (Å²) in [6.45, 7) is 2.81. The lowest BCUT2D eigenvalue weighted by atomic mass is 10.1. The van der Waals surface area contributed by atoms with E-state index in [0.717, 1.165) is 26.1 Å². The molecular weight excluding hydrogens is 220 g/mol. The standard InChI is InChI=1S/C11H18N4O2/c1-12-5-8-3-4-15(6-8)10-9(17-2)11(16)14-7-13-10/h7-8,12H,3-6H2,1-2H3,(H,13,14,16). The lowest BCUT2D eigenvalue weighted by Gasteiger charge is -2.18. The first-order valence-electron chi connectivity index (χ1n) is 5.77. The second kappa shape index (κ2) is 5.18. The van der Waals surface area contributed by atoms with Gasteiger partial charge in [0.05, 0.1) is 13.4 Å². The molecule has 0 spiro atoms. The van der Waals surface area contributed by atoms with E-state index in [1.807, 2.05) is 7.05 Å². The van der Waals surface area contributed by atoms with Gasteiger partial charge in [-0.2, -0.15) is 0 Å². The average molecular weight is 238 g/mol. The first-order chi connectivity index (χ1) is 8.26. The van der Waals surface area contributed by atoms with E-state index in [1.165, 1.54) is 13.4 Å². The zero-order valence-corrected chi connectivity index (χ0v) is 10.2. The molecule has 0 bridgehead atoms. The second-order valence-electron chi connectivity index (χ2n) is 4.25. The Kier molecular flexibility index (Phi) is 3.63. The van der Waals surface area contributed by atoms with Crippen molar-refractivity contribution in [2.45, 2.75) is 6.42 Å². The molecule has 1 aliphatic heterocycles. The summed E-state index contributed by atoms with van der Waals surface area (Å²) in [4.78, 5) is 20.4. The van der Waals surface area contributed by atoms with Gasteiger partial charge in [-0.1, -0.05) is 0 Å². The van der Waals surface area contributed by atoms with E-state index in [9.17, 15) is 4.79 Å². The first kappa shape index (κ1) is 11.9. The fourth-order valence-electron chi connectivity index (χ4n) is 2.27. The largest absolute Gasteiger partial charge is 0.489 e. The first-order valence-corrected chi connectivity index (χ1v) is 5.77. The molecule has 6 heteroatoms. The van der Waals surface area contributed by atoms with Crippen molar-refractivity contribution >= 4 is 5.82 Å². The Labute approximate surface area is 100 Å². The van der Waals surface area contributed by atoms with Gasteiger partial charge in [-0.15, -0.1) is 0 Å². The van der Waals surface area contributed by atoms with Gasteiger partial charge in [0.25, 0.3) is 5.56 Å². The van der Waals surface area contributed by atoms with Gasteiger partial charge in [-0.3, -0.25) is 4.79 Å². The molecule has 1 saturated heterocycles. The van der Waals surface area contributed by atoms with E-state index in [0.29, 0.717) is 17.5 Å². The highest BCUT2D eigenvalue weighted by molar-refractivity contribution is 5.51. The summed E-state index contributed by atoms with van der Waals surface area (Å²) in [6, 6.07) is 0. The zero-order chi connectivity index (χ0) is 12.3. The maximum absolute atomic E-state index is 11.6. The molecule has 0 aliphatic carbocycles. The van der Waals surface area contributed by atoms with E-state index in [2.05, 4.69) is 20.2 Å². The van der Waals surface area contributed by atoms with Gasteiger partial charge in [-0.25, -0.2) is 4.98 Å². The molecule has 94 valence electrons. The average Bonchev–Trinajstić information content (AvgIpc) is 2.78. The van der Waals surface area contributed by atoms with Gasteiger partial charge < -0.3 is 19.9 Å². The Morgan fingerprint density at radius 1 is 1.71 bits per heavy atom. The number of aromatic nitrogens is 2. The minimum Gasteiger partial charge on any atom is -0.489 e. The lowest BCUT2D eigenvalue weighted by Crippen LogP contribution is -2.27. The second-order valence-corrected chi connectivity index (χ2v) is 4.25. The number of rotatable bonds is 4. The zero-order valence-electron chi connectivity index (χ0n) is 10.2. The van der Waals surface area contributed by atoms with Crippen LogP contribution < -0.4 is 20.5 Å². The molecule has 0 amide bonds. The maximum Gasteiger partial charge on any atom is 0.295 e.